The van der Waals surface area contributed by atoms with Gasteiger partial charge < -0.3 is 14.4 Å². The molecule has 7 nitrogen and oxygen atoms in total. The summed E-state index contributed by atoms with van der Waals surface area (Å²) in [6.45, 7) is 3.95. The molecule has 2 aromatic rings. The second kappa shape index (κ2) is 9.75. The SMILES string of the molecule is CCN(Cc1ccc2c(c1)OCO2)C(=O)C1CCN(S(=O)(=O)/C=C/c2ccccc2)CC1. The molecule has 0 aromatic heterocycles. The second-order valence-electron chi connectivity index (χ2n) is 7.97. The topological polar surface area (TPSA) is 76.2 Å². The Kier molecular flexibility index (Phi) is 6.81. The summed E-state index contributed by atoms with van der Waals surface area (Å²) in [5, 5.41) is 1.25. The van der Waals surface area contributed by atoms with Crippen LogP contribution in [0.4, 0.5) is 0 Å². The molecule has 0 unspecified atom stereocenters. The molecular formula is C24H28N2O5S. The van der Waals surface area contributed by atoms with E-state index >= 15 is 0 Å². The van der Waals surface area contributed by atoms with Gasteiger partial charge in [-0.25, -0.2) is 8.42 Å². The van der Waals surface area contributed by atoms with E-state index in [2.05, 4.69) is 0 Å². The van der Waals surface area contributed by atoms with Gasteiger partial charge in [0, 0.05) is 37.5 Å². The lowest BCUT2D eigenvalue weighted by Gasteiger charge is -2.33. The molecule has 0 bridgehead atoms. The van der Waals surface area contributed by atoms with Crippen molar-refractivity contribution < 1.29 is 22.7 Å². The van der Waals surface area contributed by atoms with E-state index in [0.29, 0.717) is 44.8 Å². The van der Waals surface area contributed by atoms with Gasteiger partial charge >= 0.3 is 0 Å². The molecule has 2 aliphatic rings. The minimum atomic E-state index is -3.51. The molecule has 2 aliphatic heterocycles. The molecule has 1 saturated heterocycles. The van der Waals surface area contributed by atoms with Crippen LogP contribution < -0.4 is 9.47 Å². The summed E-state index contributed by atoms with van der Waals surface area (Å²) in [7, 11) is -3.51. The van der Waals surface area contributed by atoms with E-state index < -0.39 is 10.0 Å². The fourth-order valence-electron chi connectivity index (χ4n) is 4.04. The van der Waals surface area contributed by atoms with Gasteiger partial charge in [-0.1, -0.05) is 36.4 Å². The molecule has 8 heteroatoms. The van der Waals surface area contributed by atoms with Crippen molar-refractivity contribution in [2.75, 3.05) is 26.4 Å². The summed E-state index contributed by atoms with van der Waals surface area (Å²) in [5.74, 6) is 1.32. The largest absolute Gasteiger partial charge is 0.454 e. The highest BCUT2D eigenvalue weighted by Gasteiger charge is 2.32. The number of hydrogen-bond acceptors (Lipinski definition) is 5. The number of rotatable bonds is 7. The Morgan fingerprint density at radius 1 is 1.09 bits per heavy atom. The summed E-state index contributed by atoms with van der Waals surface area (Å²) >= 11 is 0. The van der Waals surface area contributed by atoms with Crippen molar-refractivity contribution in [2.45, 2.75) is 26.3 Å². The highest BCUT2D eigenvalue weighted by atomic mass is 32.2. The van der Waals surface area contributed by atoms with Crippen LogP contribution in [0, 0.1) is 5.92 Å². The van der Waals surface area contributed by atoms with Gasteiger partial charge in [-0.05, 0) is 49.1 Å². The third-order valence-corrected chi connectivity index (χ3v) is 7.46. The Morgan fingerprint density at radius 2 is 1.81 bits per heavy atom. The van der Waals surface area contributed by atoms with Crippen LogP contribution >= 0.6 is 0 Å². The first-order valence-corrected chi connectivity index (χ1v) is 12.4. The number of benzene rings is 2. The second-order valence-corrected chi connectivity index (χ2v) is 9.79. The van der Waals surface area contributed by atoms with Gasteiger partial charge in [0.15, 0.2) is 11.5 Å². The Balaban J connectivity index is 1.34. The van der Waals surface area contributed by atoms with Crippen molar-refractivity contribution in [3.8, 4) is 11.5 Å². The first-order chi connectivity index (χ1) is 15.5. The first-order valence-electron chi connectivity index (χ1n) is 10.9. The van der Waals surface area contributed by atoms with Gasteiger partial charge in [-0.3, -0.25) is 4.79 Å². The minimum Gasteiger partial charge on any atom is -0.454 e. The maximum atomic E-state index is 13.1. The molecule has 0 N–H and O–H groups in total. The molecule has 0 saturated carbocycles. The Labute approximate surface area is 189 Å². The van der Waals surface area contributed by atoms with E-state index in [0.717, 1.165) is 16.9 Å². The fraction of sp³-hybridized carbons (Fsp3) is 0.375. The standard InChI is InChI=1S/C24H28N2O5S/c1-2-25(17-20-8-9-22-23(16-20)31-18-30-22)24(27)21-10-13-26(14-11-21)32(28,29)15-12-19-6-4-3-5-7-19/h3-9,12,15-16,21H,2,10-11,13-14,17-18H2,1H3/b15-12+. The molecule has 0 radical (unpaired) electrons. The average Bonchev–Trinajstić information content (AvgIpc) is 3.29. The number of carbonyl (C=O) groups is 1. The normalized spacial score (nSPS) is 17.0. The zero-order chi connectivity index (χ0) is 22.6. The molecule has 1 fully saturated rings. The van der Waals surface area contributed by atoms with Crippen molar-refractivity contribution in [3.05, 3.63) is 65.1 Å². The van der Waals surface area contributed by atoms with Gasteiger partial charge in [0.1, 0.15) is 0 Å². The smallest absolute Gasteiger partial charge is 0.236 e. The van der Waals surface area contributed by atoms with Crippen molar-refractivity contribution in [2.24, 2.45) is 5.92 Å². The Bertz CT molecular complexity index is 1080. The molecule has 2 aromatic carbocycles. The maximum absolute atomic E-state index is 13.1. The molecule has 2 heterocycles. The third-order valence-electron chi connectivity index (χ3n) is 5.90. The predicted molar refractivity (Wildman–Crippen MR) is 122 cm³/mol. The monoisotopic (exact) mass is 456 g/mol. The van der Waals surface area contributed by atoms with Gasteiger partial charge in [0.25, 0.3) is 0 Å². The van der Waals surface area contributed by atoms with Crippen LogP contribution in [0.15, 0.2) is 53.9 Å². The van der Waals surface area contributed by atoms with Crippen molar-refractivity contribution in [1.29, 1.82) is 0 Å². The number of ether oxygens (including phenoxy) is 2. The molecule has 4 rings (SSSR count). The number of carbonyl (C=O) groups excluding carboxylic acids is 1. The van der Waals surface area contributed by atoms with Crippen molar-refractivity contribution in [3.63, 3.8) is 0 Å². The number of amides is 1. The van der Waals surface area contributed by atoms with Crippen LogP contribution in [-0.4, -0.2) is 50.0 Å². The van der Waals surface area contributed by atoms with E-state index in [1.54, 1.807) is 6.08 Å². The maximum Gasteiger partial charge on any atom is 0.236 e. The fourth-order valence-corrected chi connectivity index (χ4v) is 5.26. The third kappa shape index (κ3) is 5.14. The molecule has 1 amide bonds. The molecule has 0 aliphatic carbocycles. The number of nitrogens with zero attached hydrogens (tertiary/aromatic N) is 2. The summed E-state index contributed by atoms with van der Waals surface area (Å²) in [6, 6.07) is 15.1. The summed E-state index contributed by atoms with van der Waals surface area (Å²) in [4.78, 5) is 14.9. The van der Waals surface area contributed by atoms with Crippen LogP contribution in [0.1, 0.15) is 30.9 Å². The number of hydrogen-bond donors (Lipinski definition) is 0. The van der Waals surface area contributed by atoms with Crippen LogP contribution in [0.5, 0.6) is 11.5 Å². The quantitative estimate of drug-likeness (QED) is 0.638. The van der Waals surface area contributed by atoms with Crippen molar-refractivity contribution >= 4 is 22.0 Å². The molecule has 0 atom stereocenters. The molecular weight excluding hydrogens is 428 g/mol. The number of fused-ring (bicyclic) bond motifs is 1. The lowest BCUT2D eigenvalue weighted by Crippen LogP contribution is -2.43. The summed E-state index contributed by atoms with van der Waals surface area (Å²) in [6.07, 6.45) is 2.65. The highest BCUT2D eigenvalue weighted by molar-refractivity contribution is 7.92. The zero-order valence-corrected chi connectivity index (χ0v) is 19.0. The van der Waals surface area contributed by atoms with E-state index in [9.17, 15) is 13.2 Å². The van der Waals surface area contributed by atoms with Crippen LogP contribution in [0.2, 0.25) is 0 Å². The lowest BCUT2D eigenvalue weighted by molar-refractivity contribution is -0.137. The minimum absolute atomic E-state index is 0.0713. The molecule has 0 spiro atoms. The van der Waals surface area contributed by atoms with E-state index in [1.807, 2.05) is 60.4 Å². The molecule has 170 valence electrons. The van der Waals surface area contributed by atoms with Gasteiger partial charge in [-0.15, -0.1) is 0 Å². The summed E-state index contributed by atoms with van der Waals surface area (Å²) < 4.78 is 37.6. The van der Waals surface area contributed by atoms with E-state index in [1.165, 1.54) is 9.71 Å². The van der Waals surface area contributed by atoms with Crippen molar-refractivity contribution in [1.82, 2.24) is 9.21 Å². The molecule has 32 heavy (non-hydrogen) atoms. The predicted octanol–water partition coefficient (Wildman–Crippen LogP) is 3.48. The highest BCUT2D eigenvalue weighted by Crippen LogP contribution is 2.33. The Morgan fingerprint density at radius 3 is 2.53 bits per heavy atom. The number of sulfonamides is 1. The van der Waals surface area contributed by atoms with Gasteiger partial charge in [-0.2, -0.15) is 4.31 Å². The van der Waals surface area contributed by atoms with Crippen LogP contribution in [-0.2, 0) is 21.4 Å². The number of piperidine rings is 1. The first kappa shape index (κ1) is 22.4. The summed E-state index contributed by atoms with van der Waals surface area (Å²) in [5.41, 5.74) is 1.82. The van der Waals surface area contributed by atoms with Crippen LogP contribution in [0.25, 0.3) is 6.08 Å². The van der Waals surface area contributed by atoms with E-state index in [4.69, 9.17) is 9.47 Å². The van der Waals surface area contributed by atoms with Crippen LogP contribution in [0.3, 0.4) is 0 Å². The average molecular weight is 457 g/mol. The van der Waals surface area contributed by atoms with E-state index in [-0.39, 0.29) is 18.6 Å². The lowest BCUT2D eigenvalue weighted by atomic mass is 9.96. The zero-order valence-electron chi connectivity index (χ0n) is 18.1. The van der Waals surface area contributed by atoms with Gasteiger partial charge in [0.2, 0.25) is 22.7 Å². The van der Waals surface area contributed by atoms with Gasteiger partial charge in [0.05, 0.1) is 0 Å². The Hall–Kier alpha value is -2.84.